The highest BCUT2D eigenvalue weighted by molar-refractivity contribution is 7.92. The van der Waals surface area contributed by atoms with E-state index >= 15 is 0 Å². The molecule has 0 radical (unpaired) electrons. The zero-order chi connectivity index (χ0) is 29.4. The molecule has 12 heteroatoms. The number of amides is 2. The van der Waals surface area contributed by atoms with Crippen molar-refractivity contribution >= 4 is 62.3 Å². The first kappa shape index (κ1) is 31.5. The van der Waals surface area contributed by atoms with Gasteiger partial charge in [-0.1, -0.05) is 53.9 Å². The Hall–Kier alpha value is -2.98. The van der Waals surface area contributed by atoms with Crippen LogP contribution in [0.4, 0.5) is 5.69 Å². The smallest absolute Gasteiger partial charge is 0.264 e. The van der Waals surface area contributed by atoms with E-state index < -0.39 is 28.5 Å². The molecule has 0 unspecified atom stereocenters. The van der Waals surface area contributed by atoms with E-state index in [1.54, 1.807) is 50.2 Å². The Morgan fingerprint density at radius 2 is 1.65 bits per heavy atom. The maximum absolute atomic E-state index is 14.0. The van der Waals surface area contributed by atoms with Crippen molar-refractivity contribution in [3.63, 3.8) is 0 Å². The van der Waals surface area contributed by atoms with Gasteiger partial charge in [0.1, 0.15) is 18.3 Å². The summed E-state index contributed by atoms with van der Waals surface area (Å²) >= 11 is 18.5. The first-order valence-corrected chi connectivity index (χ1v) is 15.0. The lowest BCUT2D eigenvalue weighted by molar-refractivity contribution is -0.140. The highest BCUT2D eigenvalue weighted by atomic mass is 35.5. The molecule has 3 aromatic rings. The number of rotatable bonds is 12. The van der Waals surface area contributed by atoms with Crippen LogP contribution in [0.1, 0.15) is 25.8 Å². The van der Waals surface area contributed by atoms with E-state index in [1.807, 2.05) is 0 Å². The number of nitrogens with zero attached hydrogens (tertiary/aromatic N) is 2. The molecule has 0 saturated carbocycles. The number of carbonyl (C=O) groups excluding carboxylic acids is 2. The molecule has 0 bridgehead atoms. The Balaban J connectivity index is 2.07. The number of likely N-dealkylation sites (N-methyl/N-ethyl adjacent to an activating group) is 1. The second kappa shape index (κ2) is 14.1. The van der Waals surface area contributed by atoms with Crippen LogP contribution in [0.3, 0.4) is 0 Å². The van der Waals surface area contributed by atoms with E-state index in [-0.39, 0.29) is 23.0 Å². The molecular weight excluding hydrogens is 597 g/mol. The van der Waals surface area contributed by atoms with Gasteiger partial charge in [-0.15, -0.1) is 0 Å². The second-order valence-electron chi connectivity index (χ2n) is 8.76. The molecular formula is C28H30Cl3N3O5S. The van der Waals surface area contributed by atoms with Gasteiger partial charge in [0.25, 0.3) is 10.0 Å². The number of carbonyl (C=O) groups is 2. The van der Waals surface area contributed by atoms with Crippen LogP contribution >= 0.6 is 34.8 Å². The van der Waals surface area contributed by atoms with Gasteiger partial charge in [0, 0.05) is 18.1 Å². The van der Waals surface area contributed by atoms with Gasteiger partial charge in [-0.2, -0.15) is 0 Å². The molecule has 3 rings (SSSR count). The van der Waals surface area contributed by atoms with Crippen LogP contribution < -0.4 is 14.4 Å². The van der Waals surface area contributed by atoms with Crippen LogP contribution in [0.25, 0.3) is 0 Å². The van der Waals surface area contributed by atoms with E-state index in [9.17, 15) is 18.0 Å². The molecule has 1 N–H and O–H groups in total. The average Bonchev–Trinajstić information content (AvgIpc) is 2.93. The highest BCUT2D eigenvalue weighted by Crippen LogP contribution is 2.29. The molecule has 0 aromatic heterocycles. The fraction of sp³-hybridized carbons (Fsp3) is 0.286. The molecule has 8 nitrogen and oxygen atoms in total. The number of hydrogen-bond acceptors (Lipinski definition) is 5. The number of sulfonamides is 1. The van der Waals surface area contributed by atoms with E-state index in [0.717, 1.165) is 4.31 Å². The third kappa shape index (κ3) is 7.60. The van der Waals surface area contributed by atoms with Gasteiger partial charge in [-0.25, -0.2) is 8.42 Å². The third-order valence-corrected chi connectivity index (χ3v) is 8.86. The number of anilines is 1. The zero-order valence-electron chi connectivity index (χ0n) is 22.2. The number of hydrogen-bond donors (Lipinski definition) is 1. The SMILES string of the molecule is CCNC(=O)[C@@H](CC)N(Cc1ccc(Cl)c(Cl)c1)C(=O)CN(c1cccc(Cl)c1)S(=O)(=O)c1ccc(OC)cc1. The third-order valence-electron chi connectivity index (χ3n) is 6.10. The lowest BCUT2D eigenvalue weighted by atomic mass is 10.1. The van der Waals surface area contributed by atoms with Gasteiger partial charge in [-0.3, -0.25) is 13.9 Å². The van der Waals surface area contributed by atoms with Crippen molar-refractivity contribution in [3.8, 4) is 5.75 Å². The van der Waals surface area contributed by atoms with Crippen LogP contribution in [0.15, 0.2) is 71.6 Å². The Morgan fingerprint density at radius 1 is 0.950 bits per heavy atom. The number of nitrogens with one attached hydrogen (secondary N) is 1. The Kier molecular flexibility index (Phi) is 11.1. The number of ether oxygens (including phenoxy) is 1. The van der Waals surface area contributed by atoms with Crippen molar-refractivity contribution in [2.24, 2.45) is 0 Å². The van der Waals surface area contributed by atoms with Gasteiger partial charge in [0.05, 0.1) is 27.7 Å². The molecule has 0 fully saturated rings. The van der Waals surface area contributed by atoms with Gasteiger partial charge in [0.15, 0.2) is 0 Å². The van der Waals surface area contributed by atoms with Crippen molar-refractivity contribution in [2.45, 2.75) is 37.8 Å². The van der Waals surface area contributed by atoms with Gasteiger partial charge in [-0.05, 0) is 73.5 Å². The normalized spacial score (nSPS) is 11.9. The molecule has 0 saturated heterocycles. The molecule has 2 amide bonds. The molecule has 0 heterocycles. The minimum atomic E-state index is -4.24. The summed E-state index contributed by atoms with van der Waals surface area (Å²) in [6, 6.07) is 16.1. The summed E-state index contributed by atoms with van der Waals surface area (Å²) in [5, 5.41) is 3.69. The number of halogens is 3. The van der Waals surface area contributed by atoms with Crippen LogP contribution in [-0.4, -0.2) is 51.4 Å². The minimum Gasteiger partial charge on any atom is -0.497 e. The van der Waals surface area contributed by atoms with Crippen molar-refractivity contribution in [2.75, 3.05) is 24.5 Å². The molecule has 3 aromatic carbocycles. The summed E-state index contributed by atoms with van der Waals surface area (Å²) in [5.41, 5.74) is 0.815. The highest BCUT2D eigenvalue weighted by Gasteiger charge is 2.33. The summed E-state index contributed by atoms with van der Waals surface area (Å²) < 4.78 is 33.9. The van der Waals surface area contributed by atoms with Crippen LogP contribution in [0, 0.1) is 0 Å². The number of benzene rings is 3. The Morgan fingerprint density at radius 3 is 2.23 bits per heavy atom. The largest absolute Gasteiger partial charge is 0.497 e. The first-order valence-electron chi connectivity index (χ1n) is 12.4. The van der Waals surface area contributed by atoms with E-state index in [0.29, 0.717) is 39.3 Å². The Labute approximate surface area is 249 Å². The van der Waals surface area contributed by atoms with Crippen LogP contribution in [0.2, 0.25) is 15.1 Å². The van der Waals surface area contributed by atoms with Gasteiger partial charge in [0.2, 0.25) is 11.8 Å². The predicted molar refractivity (Wildman–Crippen MR) is 159 cm³/mol. The monoisotopic (exact) mass is 625 g/mol. The van der Waals surface area contributed by atoms with E-state index in [2.05, 4.69) is 5.32 Å². The summed E-state index contributed by atoms with van der Waals surface area (Å²) in [6.07, 6.45) is 0.293. The predicted octanol–water partition coefficient (Wildman–Crippen LogP) is 5.79. The summed E-state index contributed by atoms with van der Waals surface area (Å²) in [7, 11) is -2.77. The first-order chi connectivity index (χ1) is 19.0. The van der Waals surface area contributed by atoms with Gasteiger partial charge >= 0.3 is 0 Å². The van der Waals surface area contributed by atoms with Crippen molar-refractivity contribution in [3.05, 3.63) is 87.4 Å². The summed E-state index contributed by atoms with van der Waals surface area (Å²) in [6.45, 7) is 3.32. The molecule has 0 aliphatic heterocycles. The fourth-order valence-electron chi connectivity index (χ4n) is 4.08. The molecule has 0 aliphatic carbocycles. The zero-order valence-corrected chi connectivity index (χ0v) is 25.3. The average molecular weight is 627 g/mol. The molecule has 0 aliphatic rings. The maximum Gasteiger partial charge on any atom is 0.264 e. The Bertz CT molecular complexity index is 1450. The minimum absolute atomic E-state index is 0.00265. The van der Waals surface area contributed by atoms with Crippen molar-refractivity contribution in [1.29, 1.82) is 0 Å². The topological polar surface area (TPSA) is 96.0 Å². The van der Waals surface area contributed by atoms with Gasteiger partial charge < -0.3 is 15.0 Å². The summed E-state index contributed by atoms with van der Waals surface area (Å²) in [4.78, 5) is 28.3. The van der Waals surface area contributed by atoms with Crippen molar-refractivity contribution < 1.29 is 22.7 Å². The van der Waals surface area contributed by atoms with Crippen LogP contribution in [-0.2, 0) is 26.2 Å². The lowest BCUT2D eigenvalue weighted by Crippen LogP contribution is -2.52. The summed E-state index contributed by atoms with van der Waals surface area (Å²) in [5.74, 6) is -0.475. The standard InChI is InChI=1S/C28H30Cl3N3O5S/c1-4-26(28(36)32-5-2)33(17-19-9-14-24(30)25(31)15-19)27(35)18-34(21-8-6-7-20(29)16-21)40(37,38)23-12-10-22(39-3)11-13-23/h6-16,26H,4-5,17-18H2,1-3H3,(H,32,36)/t26-/m1/s1. The van der Waals surface area contributed by atoms with Crippen LogP contribution in [0.5, 0.6) is 5.75 Å². The number of methoxy groups -OCH3 is 1. The van der Waals surface area contributed by atoms with E-state index in [1.165, 1.54) is 42.3 Å². The quantitative estimate of drug-likeness (QED) is 0.274. The van der Waals surface area contributed by atoms with Crippen molar-refractivity contribution in [1.82, 2.24) is 10.2 Å². The molecule has 1 atom stereocenters. The molecule has 0 spiro atoms. The van der Waals surface area contributed by atoms with E-state index in [4.69, 9.17) is 39.5 Å². The maximum atomic E-state index is 14.0. The second-order valence-corrected chi connectivity index (χ2v) is 11.9. The lowest BCUT2D eigenvalue weighted by Gasteiger charge is -2.33. The molecule has 40 heavy (non-hydrogen) atoms. The molecule has 214 valence electrons. The fourth-order valence-corrected chi connectivity index (χ4v) is 5.99.